The van der Waals surface area contributed by atoms with Crippen molar-refractivity contribution >= 4 is 17.7 Å². The zero-order valence-corrected chi connectivity index (χ0v) is 17.6. The fourth-order valence-electron chi connectivity index (χ4n) is 3.57. The lowest BCUT2D eigenvalue weighted by Gasteiger charge is -2.31. The molecule has 3 rings (SSSR count). The van der Waals surface area contributed by atoms with Gasteiger partial charge >= 0.3 is 6.09 Å². The third kappa shape index (κ3) is 4.95. The number of rotatable bonds is 5. The predicted molar refractivity (Wildman–Crippen MR) is 111 cm³/mol. The molecule has 0 saturated carbocycles. The van der Waals surface area contributed by atoms with Gasteiger partial charge in [0.1, 0.15) is 0 Å². The van der Waals surface area contributed by atoms with Gasteiger partial charge in [-0.25, -0.2) is 9.48 Å². The van der Waals surface area contributed by atoms with Crippen LogP contribution in [0.2, 0.25) is 0 Å². The van der Waals surface area contributed by atoms with Crippen LogP contribution in [0, 0.1) is 20.8 Å². The Morgan fingerprint density at radius 2 is 1.79 bits per heavy atom. The van der Waals surface area contributed by atoms with Gasteiger partial charge in [-0.3, -0.25) is 9.69 Å². The van der Waals surface area contributed by atoms with Gasteiger partial charge in [0.05, 0.1) is 55.5 Å². The van der Waals surface area contributed by atoms with Crippen molar-refractivity contribution in [2.24, 2.45) is 0 Å². The molecule has 0 aliphatic carbocycles. The zero-order valence-electron chi connectivity index (χ0n) is 17.6. The Kier molecular flexibility index (Phi) is 6.53. The molecule has 1 aromatic carbocycles. The number of piperazine rings is 1. The minimum Gasteiger partial charge on any atom is -0.450 e. The maximum atomic E-state index is 12.6. The van der Waals surface area contributed by atoms with Crippen molar-refractivity contribution in [3.8, 4) is 5.69 Å². The van der Waals surface area contributed by atoms with Crippen molar-refractivity contribution in [3.05, 3.63) is 41.2 Å². The first-order chi connectivity index (χ1) is 13.9. The molecule has 0 bridgehead atoms. The summed E-state index contributed by atoms with van der Waals surface area (Å²) < 4.78 is 6.89. The van der Waals surface area contributed by atoms with Crippen LogP contribution < -0.4 is 10.2 Å². The smallest absolute Gasteiger partial charge is 0.410 e. The summed E-state index contributed by atoms with van der Waals surface area (Å²) in [5, 5.41) is 7.63. The van der Waals surface area contributed by atoms with E-state index < -0.39 is 0 Å². The average molecular weight is 401 g/mol. The molecule has 1 aliphatic rings. The molecular formula is C21H30N5O3+. The number of hydrogen-bond donors (Lipinski definition) is 2. The highest BCUT2D eigenvalue weighted by molar-refractivity contribution is 5.92. The van der Waals surface area contributed by atoms with Crippen LogP contribution in [-0.2, 0) is 9.53 Å². The van der Waals surface area contributed by atoms with Crippen molar-refractivity contribution in [1.29, 1.82) is 0 Å². The SMILES string of the molecule is CCOC(=O)N1CC[NH+](CC(=O)Nc2c(C)nn(-c3ccc(C)cc3)c2C)CC1. The lowest BCUT2D eigenvalue weighted by Crippen LogP contribution is -3.15. The van der Waals surface area contributed by atoms with Crippen molar-refractivity contribution < 1.29 is 19.2 Å². The molecule has 2 N–H and O–H groups in total. The van der Waals surface area contributed by atoms with E-state index in [1.54, 1.807) is 11.8 Å². The number of anilines is 1. The summed E-state index contributed by atoms with van der Waals surface area (Å²) >= 11 is 0. The minimum atomic E-state index is -0.272. The molecule has 0 unspecified atom stereocenters. The van der Waals surface area contributed by atoms with Crippen LogP contribution in [0.5, 0.6) is 0 Å². The van der Waals surface area contributed by atoms with Crippen LogP contribution in [-0.4, -0.2) is 66.0 Å². The molecule has 0 radical (unpaired) electrons. The Balaban J connectivity index is 1.59. The third-order valence-electron chi connectivity index (χ3n) is 5.24. The van der Waals surface area contributed by atoms with E-state index in [4.69, 9.17) is 4.74 Å². The molecular weight excluding hydrogens is 370 g/mol. The normalized spacial score (nSPS) is 14.7. The molecule has 1 fully saturated rings. The number of benzene rings is 1. The molecule has 1 aromatic heterocycles. The van der Waals surface area contributed by atoms with Crippen molar-refractivity contribution in [2.45, 2.75) is 27.7 Å². The van der Waals surface area contributed by atoms with E-state index >= 15 is 0 Å². The van der Waals surface area contributed by atoms with Gasteiger partial charge in [-0.15, -0.1) is 0 Å². The summed E-state index contributed by atoms with van der Waals surface area (Å²) in [6.07, 6.45) is -0.272. The summed E-state index contributed by atoms with van der Waals surface area (Å²) in [7, 11) is 0. The Bertz CT molecular complexity index is 867. The molecule has 8 nitrogen and oxygen atoms in total. The van der Waals surface area contributed by atoms with Crippen LogP contribution in [0.4, 0.5) is 10.5 Å². The molecule has 1 aliphatic heterocycles. The number of nitrogens with one attached hydrogen (secondary N) is 2. The van der Waals surface area contributed by atoms with E-state index in [0.717, 1.165) is 40.8 Å². The van der Waals surface area contributed by atoms with Gasteiger partial charge in [0.2, 0.25) is 0 Å². The second-order valence-corrected chi connectivity index (χ2v) is 7.45. The Labute approximate surface area is 171 Å². The van der Waals surface area contributed by atoms with Crippen LogP contribution >= 0.6 is 0 Å². The molecule has 156 valence electrons. The molecule has 29 heavy (non-hydrogen) atoms. The predicted octanol–water partition coefficient (Wildman–Crippen LogP) is 1.09. The molecule has 2 amide bonds. The van der Waals surface area contributed by atoms with Crippen LogP contribution in [0.1, 0.15) is 23.9 Å². The van der Waals surface area contributed by atoms with Crippen molar-refractivity contribution in [3.63, 3.8) is 0 Å². The zero-order chi connectivity index (χ0) is 21.0. The van der Waals surface area contributed by atoms with Gasteiger partial charge in [0.15, 0.2) is 6.54 Å². The van der Waals surface area contributed by atoms with E-state index in [-0.39, 0.29) is 12.0 Å². The average Bonchev–Trinajstić information content (AvgIpc) is 2.97. The molecule has 2 heterocycles. The number of amides is 2. The number of nitrogens with zero attached hydrogens (tertiary/aromatic N) is 3. The van der Waals surface area contributed by atoms with E-state index in [1.807, 2.05) is 49.7 Å². The first-order valence-electron chi connectivity index (χ1n) is 10.1. The number of quaternary nitrogens is 1. The van der Waals surface area contributed by atoms with Crippen LogP contribution in [0.25, 0.3) is 5.69 Å². The fourth-order valence-corrected chi connectivity index (χ4v) is 3.57. The Morgan fingerprint density at radius 1 is 1.14 bits per heavy atom. The summed E-state index contributed by atoms with van der Waals surface area (Å²) in [5.74, 6) is -0.0424. The summed E-state index contributed by atoms with van der Waals surface area (Å²) in [6, 6.07) is 8.13. The highest BCUT2D eigenvalue weighted by Gasteiger charge is 2.26. The number of ether oxygens (including phenoxy) is 1. The second kappa shape index (κ2) is 9.09. The first-order valence-corrected chi connectivity index (χ1v) is 10.1. The molecule has 1 saturated heterocycles. The van der Waals surface area contributed by atoms with Gasteiger partial charge in [0, 0.05) is 0 Å². The molecule has 0 atom stereocenters. The van der Waals surface area contributed by atoms with Gasteiger partial charge in [-0.2, -0.15) is 5.10 Å². The van der Waals surface area contributed by atoms with Gasteiger partial charge < -0.3 is 15.0 Å². The number of aromatic nitrogens is 2. The van der Waals surface area contributed by atoms with Gasteiger partial charge in [-0.1, -0.05) is 17.7 Å². The standard InChI is InChI=1S/C21H29N5O3/c1-5-29-21(28)25-12-10-24(11-13-25)14-19(27)22-20-16(3)23-26(17(20)4)18-8-6-15(2)7-9-18/h6-9H,5,10-14H2,1-4H3,(H,22,27)/p+1. The molecule has 2 aromatic rings. The number of hydrogen-bond acceptors (Lipinski definition) is 4. The quantitative estimate of drug-likeness (QED) is 0.788. The number of aryl methyl sites for hydroxylation is 2. The number of carbonyl (C=O) groups excluding carboxylic acids is 2. The van der Waals surface area contributed by atoms with E-state index in [9.17, 15) is 9.59 Å². The Morgan fingerprint density at radius 3 is 2.41 bits per heavy atom. The number of carbonyl (C=O) groups is 2. The second-order valence-electron chi connectivity index (χ2n) is 7.45. The van der Waals surface area contributed by atoms with Gasteiger partial charge in [-0.05, 0) is 39.8 Å². The van der Waals surface area contributed by atoms with Crippen molar-refractivity contribution in [2.75, 3.05) is 44.6 Å². The monoisotopic (exact) mass is 400 g/mol. The van der Waals surface area contributed by atoms with Gasteiger partial charge in [0.25, 0.3) is 5.91 Å². The first kappa shape index (κ1) is 20.9. The highest BCUT2D eigenvalue weighted by atomic mass is 16.6. The Hall–Kier alpha value is -2.87. The lowest BCUT2D eigenvalue weighted by atomic mass is 10.2. The lowest BCUT2D eigenvalue weighted by molar-refractivity contribution is -0.895. The molecule has 0 spiro atoms. The van der Waals surface area contributed by atoms with E-state index in [2.05, 4.69) is 10.4 Å². The topological polar surface area (TPSA) is 80.9 Å². The van der Waals surface area contributed by atoms with E-state index in [1.165, 1.54) is 5.56 Å². The largest absolute Gasteiger partial charge is 0.450 e. The summed E-state index contributed by atoms with van der Waals surface area (Å²) in [4.78, 5) is 27.3. The summed E-state index contributed by atoms with van der Waals surface area (Å²) in [6.45, 7) is 11.1. The van der Waals surface area contributed by atoms with Crippen LogP contribution in [0.15, 0.2) is 24.3 Å². The highest BCUT2D eigenvalue weighted by Crippen LogP contribution is 2.22. The van der Waals surface area contributed by atoms with Crippen LogP contribution in [0.3, 0.4) is 0 Å². The third-order valence-corrected chi connectivity index (χ3v) is 5.24. The maximum Gasteiger partial charge on any atom is 0.410 e. The van der Waals surface area contributed by atoms with Crippen molar-refractivity contribution in [1.82, 2.24) is 14.7 Å². The maximum absolute atomic E-state index is 12.6. The summed E-state index contributed by atoms with van der Waals surface area (Å²) in [5.41, 5.74) is 4.62. The minimum absolute atomic E-state index is 0.0424. The van der Waals surface area contributed by atoms with E-state index in [0.29, 0.717) is 26.2 Å². The molecule has 8 heteroatoms. The fraction of sp³-hybridized carbons (Fsp3) is 0.476.